The minimum Gasteiger partial charge on any atom is -0.497 e. The van der Waals surface area contributed by atoms with E-state index in [1.54, 1.807) is 26.7 Å². The Kier molecular flexibility index (Phi) is 4.74. The highest BCUT2D eigenvalue weighted by Crippen LogP contribution is 2.39. The molecule has 0 aliphatic carbocycles. The molecule has 1 aliphatic heterocycles. The number of hydrogen-bond donors (Lipinski definition) is 0. The largest absolute Gasteiger partial charge is 0.497 e. The zero-order chi connectivity index (χ0) is 17.1. The topological polar surface area (TPSA) is 56.6 Å². The Morgan fingerprint density at radius 3 is 2.83 bits per heavy atom. The number of nitrogens with zero attached hydrogens (tertiary/aromatic N) is 3. The van der Waals surface area contributed by atoms with Crippen molar-refractivity contribution in [3.8, 4) is 11.5 Å². The molecule has 6 nitrogen and oxygen atoms in total. The number of benzene rings is 1. The molecular weight excluding hydrogens is 306 g/mol. The van der Waals surface area contributed by atoms with Gasteiger partial charge < -0.3 is 18.9 Å². The molecule has 2 atom stereocenters. The first-order valence-corrected chi connectivity index (χ1v) is 8.15. The Labute approximate surface area is 142 Å². The number of hydrogen-bond acceptors (Lipinski definition) is 4. The number of ether oxygens (including phenoxy) is 2. The van der Waals surface area contributed by atoms with E-state index in [1.807, 2.05) is 40.8 Å². The molecule has 1 fully saturated rings. The van der Waals surface area contributed by atoms with E-state index in [0.29, 0.717) is 0 Å². The zero-order valence-corrected chi connectivity index (χ0v) is 14.3. The van der Waals surface area contributed by atoms with Crippen LogP contribution in [0.1, 0.15) is 37.4 Å². The van der Waals surface area contributed by atoms with Crippen molar-refractivity contribution in [2.45, 2.75) is 31.8 Å². The van der Waals surface area contributed by atoms with Gasteiger partial charge in [0.15, 0.2) is 0 Å². The molecule has 6 heteroatoms. The molecule has 3 rings (SSSR count). The predicted octanol–water partition coefficient (Wildman–Crippen LogP) is 2.83. The molecule has 0 saturated carbocycles. The van der Waals surface area contributed by atoms with Gasteiger partial charge in [-0.2, -0.15) is 0 Å². The summed E-state index contributed by atoms with van der Waals surface area (Å²) in [5.41, 5.74) is 1.03. The van der Waals surface area contributed by atoms with Gasteiger partial charge in [0.25, 0.3) is 0 Å². The highest BCUT2D eigenvalue weighted by Gasteiger charge is 2.34. The lowest BCUT2D eigenvalue weighted by atomic mass is 10.0. The van der Waals surface area contributed by atoms with Gasteiger partial charge in [-0.05, 0) is 31.9 Å². The molecule has 0 unspecified atom stereocenters. The minimum absolute atomic E-state index is 0.0318. The van der Waals surface area contributed by atoms with Gasteiger partial charge in [-0.25, -0.2) is 4.98 Å². The monoisotopic (exact) mass is 329 g/mol. The molecule has 2 heterocycles. The Morgan fingerprint density at radius 2 is 2.17 bits per heavy atom. The Bertz CT molecular complexity index is 700. The summed E-state index contributed by atoms with van der Waals surface area (Å²) in [7, 11) is 3.28. The number of carbonyl (C=O) groups is 1. The van der Waals surface area contributed by atoms with E-state index in [2.05, 4.69) is 4.98 Å². The summed E-state index contributed by atoms with van der Waals surface area (Å²) in [6.45, 7) is 2.67. The van der Waals surface area contributed by atoms with Crippen LogP contribution >= 0.6 is 0 Å². The summed E-state index contributed by atoms with van der Waals surface area (Å²) >= 11 is 0. The number of methoxy groups -OCH3 is 2. The average molecular weight is 329 g/mol. The quantitative estimate of drug-likeness (QED) is 0.846. The van der Waals surface area contributed by atoms with Gasteiger partial charge in [-0.15, -0.1) is 0 Å². The maximum atomic E-state index is 13.0. The van der Waals surface area contributed by atoms with Crippen LogP contribution in [-0.4, -0.2) is 41.1 Å². The number of likely N-dealkylation sites (tertiary alicyclic amines) is 1. The summed E-state index contributed by atoms with van der Waals surface area (Å²) in [4.78, 5) is 18.9. The number of carbonyl (C=O) groups excluding carboxylic acids is 1. The van der Waals surface area contributed by atoms with Crippen LogP contribution in [0.25, 0.3) is 0 Å². The summed E-state index contributed by atoms with van der Waals surface area (Å²) in [6.07, 6.45) is 7.12. The fourth-order valence-corrected chi connectivity index (χ4v) is 3.31. The van der Waals surface area contributed by atoms with Crippen LogP contribution in [-0.2, 0) is 4.79 Å². The molecule has 0 radical (unpaired) electrons. The third kappa shape index (κ3) is 2.96. The second-order valence-corrected chi connectivity index (χ2v) is 5.98. The molecule has 24 heavy (non-hydrogen) atoms. The van der Waals surface area contributed by atoms with E-state index in [9.17, 15) is 4.79 Å². The lowest BCUT2D eigenvalue weighted by molar-refractivity contribution is -0.135. The molecular formula is C18H23N3O3. The molecule has 0 bridgehead atoms. The lowest BCUT2D eigenvalue weighted by Crippen LogP contribution is -2.35. The second-order valence-electron chi connectivity index (χ2n) is 5.98. The smallest absolute Gasteiger partial charge is 0.245 e. The molecule has 0 spiro atoms. The van der Waals surface area contributed by atoms with Crippen molar-refractivity contribution in [2.24, 2.45) is 0 Å². The zero-order valence-electron chi connectivity index (χ0n) is 14.3. The van der Waals surface area contributed by atoms with Crippen molar-refractivity contribution in [3.05, 3.63) is 42.5 Å². The van der Waals surface area contributed by atoms with Gasteiger partial charge in [0, 0.05) is 30.6 Å². The molecule has 1 amide bonds. The standard InChI is InChI=1S/C18H23N3O3/c1-13(20-10-8-19-12-20)18(22)21-9-4-5-16(21)15-7-6-14(23-2)11-17(15)24-3/h6-8,10-13,16H,4-5,9H2,1-3H3/t13-,16-/m0/s1. The first-order chi connectivity index (χ1) is 11.7. The van der Waals surface area contributed by atoms with E-state index in [1.165, 1.54) is 0 Å². The average Bonchev–Trinajstić information content (AvgIpc) is 3.31. The van der Waals surface area contributed by atoms with Crippen LogP contribution in [0.15, 0.2) is 36.9 Å². The normalized spacial score (nSPS) is 18.5. The Hall–Kier alpha value is -2.50. The maximum Gasteiger partial charge on any atom is 0.245 e. The molecule has 1 aromatic heterocycles. The third-order valence-corrected chi connectivity index (χ3v) is 4.66. The predicted molar refractivity (Wildman–Crippen MR) is 90.2 cm³/mol. The molecule has 1 saturated heterocycles. The summed E-state index contributed by atoms with van der Waals surface area (Å²) in [5.74, 6) is 1.61. The number of amides is 1. The van der Waals surface area contributed by atoms with Crippen LogP contribution in [0.2, 0.25) is 0 Å². The van der Waals surface area contributed by atoms with E-state index >= 15 is 0 Å². The Balaban J connectivity index is 1.87. The van der Waals surface area contributed by atoms with Crippen molar-refractivity contribution in [2.75, 3.05) is 20.8 Å². The van der Waals surface area contributed by atoms with Crippen molar-refractivity contribution in [1.82, 2.24) is 14.5 Å². The first kappa shape index (κ1) is 16.4. The number of rotatable bonds is 5. The fraction of sp³-hybridized carbons (Fsp3) is 0.444. The SMILES string of the molecule is COc1ccc([C@@H]2CCCN2C(=O)[C@H](C)n2ccnc2)c(OC)c1. The summed E-state index contributed by atoms with van der Waals surface area (Å²) < 4.78 is 12.6. The van der Waals surface area contributed by atoms with Gasteiger partial charge in [0.1, 0.15) is 17.5 Å². The van der Waals surface area contributed by atoms with Gasteiger partial charge >= 0.3 is 0 Å². The summed E-state index contributed by atoms with van der Waals surface area (Å²) in [5, 5.41) is 0. The van der Waals surface area contributed by atoms with Gasteiger partial charge in [0.2, 0.25) is 5.91 Å². The molecule has 1 aromatic carbocycles. The van der Waals surface area contributed by atoms with E-state index in [-0.39, 0.29) is 18.0 Å². The molecule has 0 N–H and O–H groups in total. The number of aromatic nitrogens is 2. The lowest BCUT2D eigenvalue weighted by Gasteiger charge is -2.29. The fourth-order valence-electron chi connectivity index (χ4n) is 3.31. The van der Waals surface area contributed by atoms with Crippen molar-refractivity contribution in [3.63, 3.8) is 0 Å². The van der Waals surface area contributed by atoms with Crippen LogP contribution in [0.3, 0.4) is 0 Å². The highest BCUT2D eigenvalue weighted by molar-refractivity contribution is 5.81. The second kappa shape index (κ2) is 6.95. The van der Waals surface area contributed by atoms with Crippen LogP contribution < -0.4 is 9.47 Å². The summed E-state index contributed by atoms with van der Waals surface area (Å²) in [6, 6.07) is 5.55. The van der Waals surface area contributed by atoms with Crippen molar-refractivity contribution < 1.29 is 14.3 Å². The molecule has 1 aliphatic rings. The van der Waals surface area contributed by atoms with Gasteiger partial charge in [-0.1, -0.05) is 0 Å². The number of imidazole rings is 1. The maximum absolute atomic E-state index is 13.0. The van der Waals surface area contributed by atoms with Gasteiger partial charge in [-0.3, -0.25) is 4.79 Å². The first-order valence-electron chi connectivity index (χ1n) is 8.15. The van der Waals surface area contributed by atoms with E-state index in [4.69, 9.17) is 9.47 Å². The highest BCUT2D eigenvalue weighted by atomic mass is 16.5. The third-order valence-electron chi connectivity index (χ3n) is 4.66. The molecule has 2 aromatic rings. The van der Waals surface area contributed by atoms with Crippen molar-refractivity contribution >= 4 is 5.91 Å². The van der Waals surface area contributed by atoms with E-state index in [0.717, 1.165) is 36.4 Å². The molecule has 128 valence electrons. The van der Waals surface area contributed by atoms with Crippen LogP contribution in [0.5, 0.6) is 11.5 Å². The minimum atomic E-state index is -0.266. The van der Waals surface area contributed by atoms with Gasteiger partial charge in [0.05, 0.1) is 26.6 Å². The van der Waals surface area contributed by atoms with Crippen LogP contribution in [0, 0.1) is 0 Å². The van der Waals surface area contributed by atoms with E-state index < -0.39 is 0 Å². The van der Waals surface area contributed by atoms with Crippen LogP contribution in [0.4, 0.5) is 0 Å². The van der Waals surface area contributed by atoms with Crippen molar-refractivity contribution in [1.29, 1.82) is 0 Å². The Morgan fingerprint density at radius 1 is 1.33 bits per heavy atom.